The smallest absolute Gasteiger partial charge is 0.276 e. The molecule has 3 aromatic heterocycles. The van der Waals surface area contributed by atoms with Crippen LogP contribution < -0.4 is 4.90 Å². The number of amides is 1. The molecule has 0 spiro atoms. The molecule has 1 aliphatic rings. The van der Waals surface area contributed by atoms with Crippen molar-refractivity contribution in [3.63, 3.8) is 0 Å². The van der Waals surface area contributed by atoms with Crippen LogP contribution in [-0.4, -0.2) is 51.9 Å². The number of carbonyl (C=O) groups is 1. The number of hydrogen-bond donors (Lipinski definition) is 1. The monoisotopic (exact) mass is 407 g/mol. The summed E-state index contributed by atoms with van der Waals surface area (Å²) in [7, 11) is 0. The molecular weight excluding hydrogens is 386 g/mol. The van der Waals surface area contributed by atoms with Gasteiger partial charge in [0.25, 0.3) is 5.91 Å². The van der Waals surface area contributed by atoms with Crippen molar-refractivity contribution in [2.75, 3.05) is 31.1 Å². The topological polar surface area (TPSA) is 78.3 Å². The largest absolute Gasteiger partial charge is 0.440 e. The van der Waals surface area contributed by atoms with Crippen molar-refractivity contribution in [3.05, 3.63) is 53.2 Å². The van der Waals surface area contributed by atoms with Gasteiger partial charge in [0.05, 0.1) is 15.9 Å². The van der Waals surface area contributed by atoms with Crippen molar-refractivity contribution in [3.8, 4) is 10.8 Å². The zero-order valence-electron chi connectivity index (χ0n) is 16.1. The first-order valence-electron chi connectivity index (χ1n) is 9.69. The number of fused-ring (bicyclic) bond motifs is 1. The number of thiophene rings is 1. The van der Waals surface area contributed by atoms with Gasteiger partial charge in [-0.15, -0.1) is 11.3 Å². The summed E-state index contributed by atoms with van der Waals surface area (Å²) in [6.45, 7) is 4.69. The SMILES string of the molecule is Cc1oc(-c2cccs2)nc1C(=O)N1CCCN(c2nc3ccccc3[nH]2)CC1. The quantitative estimate of drug-likeness (QED) is 0.557. The summed E-state index contributed by atoms with van der Waals surface area (Å²) >= 11 is 1.55. The molecule has 1 fully saturated rings. The number of carbonyl (C=O) groups excluding carboxylic acids is 1. The summed E-state index contributed by atoms with van der Waals surface area (Å²) in [6, 6.07) is 11.9. The first kappa shape index (κ1) is 17.9. The predicted octanol–water partition coefficient (Wildman–Crippen LogP) is 3.94. The lowest BCUT2D eigenvalue weighted by Crippen LogP contribution is -2.36. The van der Waals surface area contributed by atoms with Gasteiger partial charge in [0, 0.05) is 26.2 Å². The molecule has 0 atom stereocenters. The molecule has 0 saturated carbocycles. The Kier molecular flexibility index (Phi) is 4.55. The molecule has 0 aliphatic carbocycles. The Morgan fingerprint density at radius 2 is 2.00 bits per heavy atom. The van der Waals surface area contributed by atoms with E-state index < -0.39 is 0 Å². The van der Waals surface area contributed by atoms with Crippen LogP contribution >= 0.6 is 11.3 Å². The average Bonchev–Trinajstić information content (AvgIpc) is 3.44. The molecule has 8 heteroatoms. The zero-order chi connectivity index (χ0) is 19.8. The molecule has 1 aliphatic heterocycles. The second kappa shape index (κ2) is 7.36. The van der Waals surface area contributed by atoms with Crippen molar-refractivity contribution >= 4 is 34.2 Å². The van der Waals surface area contributed by atoms with Crippen LogP contribution in [0.5, 0.6) is 0 Å². The lowest BCUT2D eigenvalue weighted by molar-refractivity contribution is 0.0760. The number of anilines is 1. The first-order chi connectivity index (χ1) is 14.2. The third-order valence-electron chi connectivity index (χ3n) is 5.19. The van der Waals surface area contributed by atoms with Crippen molar-refractivity contribution in [1.82, 2.24) is 19.9 Å². The van der Waals surface area contributed by atoms with Gasteiger partial charge in [-0.3, -0.25) is 4.79 Å². The van der Waals surface area contributed by atoms with Gasteiger partial charge in [0.1, 0.15) is 5.76 Å². The summed E-state index contributed by atoms with van der Waals surface area (Å²) in [4.78, 5) is 30.7. The number of aromatic amines is 1. The van der Waals surface area contributed by atoms with Crippen molar-refractivity contribution in [2.45, 2.75) is 13.3 Å². The number of nitrogens with zero attached hydrogens (tertiary/aromatic N) is 4. The number of H-pyrrole nitrogens is 1. The fourth-order valence-electron chi connectivity index (χ4n) is 3.67. The Morgan fingerprint density at radius 1 is 1.10 bits per heavy atom. The number of nitrogens with one attached hydrogen (secondary N) is 1. The van der Waals surface area contributed by atoms with E-state index in [9.17, 15) is 4.79 Å². The number of benzene rings is 1. The van der Waals surface area contributed by atoms with Crippen LogP contribution in [0.4, 0.5) is 5.95 Å². The lowest BCUT2D eigenvalue weighted by Gasteiger charge is -2.21. The maximum absolute atomic E-state index is 13.1. The highest BCUT2D eigenvalue weighted by atomic mass is 32.1. The molecule has 5 rings (SSSR count). The van der Waals surface area contributed by atoms with E-state index in [1.54, 1.807) is 18.3 Å². The van der Waals surface area contributed by atoms with E-state index in [0.717, 1.165) is 41.4 Å². The molecule has 1 aromatic carbocycles. The second-order valence-corrected chi connectivity index (χ2v) is 8.06. The number of hydrogen-bond acceptors (Lipinski definition) is 6. The third-order valence-corrected chi connectivity index (χ3v) is 6.05. The van der Waals surface area contributed by atoms with Gasteiger partial charge in [-0.05, 0) is 36.9 Å². The van der Waals surface area contributed by atoms with E-state index >= 15 is 0 Å². The van der Waals surface area contributed by atoms with Crippen LogP contribution in [0.2, 0.25) is 0 Å². The molecule has 0 bridgehead atoms. The van der Waals surface area contributed by atoms with Crippen LogP contribution in [0.1, 0.15) is 22.7 Å². The summed E-state index contributed by atoms with van der Waals surface area (Å²) in [5, 5.41) is 1.97. The van der Waals surface area contributed by atoms with Gasteiger partial charge in [0.2, 0.25) is 11.8 Å². The summed E-state index contributed by atoms with van der Waals surface area (Å²) in [5.74, 6) is 1.87. The Balaban J connectivity index is 1.32. The van der Waals surface area contributed by atoms with E-state index in [1.165, 1.54) is 0 Å². The first-order valence-corrected chi connectivity index (χ1v) is 10.6. The van der Waals surface area contributed by atoms with Crippen LogP contribution in [0.25, 0.3) is 21.8 Å². The number of aromatic nitrogens is 3. The molecule has 29 heavy (non-hydrogen) atoms. The summed E-state index contributed by atoms with van der Waals surface area (Å²) < 4.78 is 5.75. The number of rotatable bonds is 3. The third kappa shape index (κ3) is 3.40. The fourth-order valence-corrected chi connectivity index (χ4v) is 4.32. The predicted molar refractivity (Wildman–Crippen MR) is 113 cm³/mol. The van der Waals surface area contributed by atoms with E-state index in [0.29, 0.717) is 30.4 Å². The van der Waals surface area contributed by atoms with Gasteiger partial charge in [-0.2, -0.15) is 0 Å². The molecular formula is C21H21N5O2S. The molecule has 4 aromatic rings. The standard InChI is InChI=1S/C21H21N5O2S/c1-14-18(24-19(28-14)17-8-4-13-29-17)20(27)25-9-5-10-26(12-11-25)21-22-15-6-2-3-7-16(15)23-21/h2-4,6-8,13H,5,9-12H2,1H3,(H,22,23). The van der Waals surface area contributed by atoms with Gasteiger partial charge < -0.3 is 19.2 Å². The Morgan fingerprint density at radius 3 is 2.83 bits per heavy atom. The molecule has 1 saturated heterocycles. The van der Waals surface area contributed by atoms with Crippen molar-refractivity contribution in [2.24, 2.45) is 0 Å². The maximum Gasteiger partial charge on any atom is 0.276 e. The highest BCUT2D eigenvalue weighted by Gasteiger charge is 2.26. The zero-order valence-corrected chi connectivity index (χ0v) is 16.9. The van der Waals surface area contributed by atoms with Crippen molar-refractivity contribution < 1.29 is 9.21 Å². The van der Waals surface area contributed by atoms with Gasteiger partial charge in [0.15, 0.2) is 5.69 Å². The van der Waals surface area contributed by atoms with Crippen LogP contribution in [0.15, 0.2) is 46.2 Å². The lowest BCUT2D eigenvalue weighted by atomic mass is 10.3. The Hall–Kier alpha value is -3.13. The molecule has 1 amide bonds. The molecule has 148 valence electrons. The normalized spacial score (nSPS) is 15.1. The molecule has 1 N–H and O–H groups in total. The maximum atomic E-state index is 13.1. The molecule has 4 heterocycles. The van der Waals surface area contributed by atoms with Crippen LogP contribution in [0, 0.1) is 6.92 Å². The average molecular weight is 407 g/mol. The van der Waals surface area contributed by atoms with E-state index in [2.05, 4.69) is 14.9 Å². The Labute approximate surface area is 172 Å². The molecule has 0 unspecified atom stereocenters. The minimum absolute atomic E-state index is 0.0690. The summed E-state index contributed by atoms with van der Waals surface area (Å²) in [6.07, 6.45) is 0.872. The van der Waals surface area contributed by atoms with Crippen LogP contribution in [0.3, 0.4) is 0 Å². The van der Waals surface area contributed by atoms with Gasteiger partial charge >= 0.3 is 0 Å². The number of oxazole rings is 1. The minimum atomic E-state index is -0.0690. The number of para-hydroxylation sites is 2. The second-order valence-electron chi connectivity index (χ2n) is 7.11. The minimum Gasteiger partial charge on any atom is -0.440 e. The molecule has 0 radical (unpaired) electrons. The van der Waals surface area contributed by atoms with Gasteiger partial charge in [-0.1, -0.05) is 18.2 Å². The highest BCUT2D eigenvalue weighted by Crippen LogP contribution is 2.27. The van der Waals surface area contributed by atoms with E-state index in [-0.39, 0.29) is 5.91 Å². The van der Waals surface area contributed by atoms with Crippen LogP contribution in [-0.2, 0) is 0 Å². The highest BCUT2D eigenvalue weighted by molar-refractivity contribution is 7.13. The molecule has 7 nitrogen and oxygen atoms in total. The van der Waals surface area contributed by atoms with Crippen molar-refractivity contribution in [1.29, 1.82) is 0 Å². The van der Waals surface area contributed by atoms with Gasteiger partial charge in [-0.25, -0.2) is 9.97 Å². The van der Waals surface area contributed by atoms with E-state index in [4.69, 9.17) is 9.40 Å². The number of aryl methyl sites for hydroxylation is 1. The Bertz CT molecular complexity index is 1110. The number of imidazole rings is 1. The fraction of sp³-hybridized carbons (Fsp3) is 0.286. The van der Waals surface area contributed by atoms with E-state index in [1.807, 2.05) is 46.7 Å². The summed E-state index contributed by atoms with van der Waals surface area (Å²) in [5.41, 5.74) is 2.39.